The number of carbonyl (C=O) groups excluding carboxylic acids is 1. The first-order valence-electron chi connectivity index (χ1n) is 8.35. The molecule has 2 heterocycles. The molecule has 27 heavy (non-hydrogen) atoms. The number of aromatic nitrogens is 2. The predicted octanol–water partition coefficient (Wildman–Crippen LogP) is 1.93. The molecule has 0 radical (unpaired) electrons. The molecule has 2 aliphatic rings. The average Bonchev–Trinajstić information content (AvgIpc) is 2.92. The minimum absolute atomic E-state index is 0.0264. The van der Waals surface area contributed by atoms with Crippen LogP contribution in [0.3, 0.4) is 0 Å². The van der Waals surface area contributed by atoms with E-state index in [0.717, 1.165) is 5.56 Å². The van der Waals surface area contributed by atoms with Crippen LogP contribution in [-0.4, -0.2) is 20.9 Å². The van der Waals surface area contributed by atoms with Gasteiger partial charge in [-0.1, -0.05) is 36.4 Å². The van der Waals surface area contributed by atoms with Gasteiger partial charge in [-0.2, -0.15) is 0 Å². The van der Waals surface area contributed by atoms with E-state index in [1.54, 1.807) is 24.3 Å². The summed E-state index contributed by atoms with van der Waals surface area (Å²) in [4.78, 5) is 42.4. The van der Waals surface area contributed by atoms with Crippen molar-refractivity contribution in [2.75, 3.05) is 5.32 Å². The Balaban J connectivity index is 1.86. The lowest BCUT2D eigenvalue weighted by Crippen LogP contribution is -2.33. The molecule has 0 fully saturated rings. The molecule has 2 aromatic carbocycles. The Kier molecular flexibility index (Phi) is 3.03. The number of rotatable bonds is 1. The first-order chi connectivity index (χ1) is 13.0. The molecule has 7 nitrogen and oxygen atoms in total. The third-order valence-electron chi connectivity index (χ3n) is 4.97. The number of hydrogen-bond donors (Lipinski definition) is 4. The smallest absolute Gasteiger partial charge is 0.327 e. The van der Waals surface area contributed by atoms with E-state index in [-0.39, 0.29) is 22.9 Å². The number of fused-ring (bicyclic) bond motifs is 3. The number of phenolic OH excluding ortho intramolecular Hbond substituents is 1. The van der Waals surface area contributed by atoms with Crippen molar-refractivity contribution in [1.82, 2.24) is 9.97 Å². The van der Waals surface area contributed by atoms with Gasteiger partial charge in [-0.05, 0) is 17.7 Å². The van der Waals surface area contributed by atoms with Gasteiger partial charge in [0.25, 0.3) is 5.56 Å². The number of aromatic amines is 2. The van der Waals surface area contributed by atoms with Gasteiger partial charge in [0.1, 0.15) is 11.6 Å². The number of anilines is 1. The fourth-order valence-corrected chi connectivity index (χ4v) is 3.89. The summed E-state index contributed by atoms with van der Waals surface area (Å²) in [5.41, 5.74) is 1.85. The SMILES string of the molecule is O=C1C2=C(Nc3[nH]c(=O)[nH]c(=O)c3[C@H]2c2cccc(O)c2)c2ccccc21. The standard InChI is InChI=1S/C20H13N3O4/c24-10-5-3-4-9(8-10)13-14-16(11-6-1-2-7-12(11)17(14)25)21-18-15(13)19(26)23-20(27)22-18/h1-8,13,24H,(H3,21,22,23,26,27)/t13-/m0/s1. The van der Waals surface area contributed by atoms with Crippen molar-refractivity contribution in [3.63, 3.8) is 0 Å². The van der Waals surface area contributed by atoms with Gasteiger partial charge in [-0.15, -0.1) is 0 Å². The van der Waals surface area contributed by atoms with E-state index in [4.69, 9.17) is 0 Å². The number of ketones is 1. The predicted molar refractivity (Wildman–Crippen MR) is 98.9 cm³/mol. The number of H-pyrrole nitrogens is 2. The number of hydrogen-bond acceptors (Lipinski definition) is 5. The molecular weight excluding hydrogens is 346 g/mol. The summed E-state index contributed by atoms with van der Waals surface area (Å²) < 4.78 is 0. The summed E-state index contributed by atoms with van der Waals surface area (Å²) in [6, 6.07) is 13.6. The summed E-state index contributed by atoms with van der Waals surface area (Å²) in [6.45, 7) is 0. The molecule has 3 aromatic rings. The van der Waals surface area contributed by atoms with E-state index >= 15 is 0 Å². The lowest BCUT2D eigenvalue weighted by Gasteiger charge is -2.27. The molecule has 0 bridgehead atoms. The van der Waals surface area contributed by atoms with Crippen molar-refractivity contribution < 1.29 is 9.90 Å². The number of aromatic hydroxyl groups is 1. The highest BCUT2D eigenvalue weighted by Crippen LogP contribution is 2.47. The minimum atomic E-state index is -0.719. The zero-order chi connectivity index (χ0) is 18.7. The van der Waals surface area contributed by atoms with Crippen LogP contribution < -0.4 is 16.6 Å². The summed E-state index contributed by atoms with van der Waals surface area (Å²) in [5.74, 6) is -0.625. The van der Waals surface area contributed by atoms with Gasteiger partial charge >= 0.3 is 5.69 Å². The number of carbonyl (C=O) groups is 1. The number of Topliss-reactive ketones (excluding diaryl/α,β-unsaturated/α-hetero) is 1. The van der Waals surface area contributed by atoms with Crippen LogP contribution in [0.1, 0.15) is 33.0 Å². The second kappa shape index (κ2) is 5.31. The molecule has 132 valence electrons. The highest BCUT2D eigenvalue weighted by molar-refractivity contribution is 6.23. The van der Waals surface area contributed by atoms with Crippen molar-refractivity contribution >= 4 is 17.3 Å². The van der Waals surface area contributed by atoms with E-state index in [1.165, 1.54) is 12.1 Å². The number of benzene rings is 2. The second-order valence-corrected chi connectivity index (χ2v) is 6.51. The first kappa shape index (κ1) is 15.4. The molecule has 0 saturated heterocycles. The molecule has 0 saturated carbocycles. The molecule has 1 atom stereocenters. The molecule has 0 unspecified atom stereocenters. The maximum atomic E-state index is 13.1. The Labute approximate surface area is 152 Å². The third-order valence-corrected chi connectivity index (χ3v) is 4.97. The summed E-state index contributed by atoms with van der Waals surface area (Å²) >= 11 is 0. The Morgan fingerprint density at radius 2 is 1.67 bits per heavy atom. The van der Waals surface area contributed by atoms with Crippen molar-refractivity contribution in [2.24, 2.45) is 0 Å². The molecular formula is C20H13N3O4. The van der Waals surface area contributed by atoms with E-state index in [1.807, 2.05) is 12.1 Å². The number of phenols is 1. The molecule has 0 amide bonds. The number of nitrogens with one attached hydrogen (secondary N) is 3. The van der Waals surface area contributed by atoms with E-state index in [2.05, 4.69) is 15.3 Å². The molecule has 7 heteroatoms. The molecule has 1 aliphatic heterocycles. The van der Waals surface area contributed by atoms with Crippen molar-refractivity contribution in [1.29, 1.82) is 0 Å². The zero-order valence-electron chi connectivity index (χ0n) is 13.9. The summed E-state index contributed by atoms with van der Waals surface area (Å²) in [7, 11) is 0. The van der Waals surface area contributed by atoms with E-state index < -0.39 is 17.2 Å². The molecule has 0 spiro atoms. The molecule has 1 aromatic heterocycles. The van der Waals surface area contributed by atoms with Crippen LogP contribution in [0.4, 0.5) is 5.82 Å². The fraction of sp³-hybridized carbons (Fsp3) is 0.0500. The van der Waals surface area contributed by atoms with Gasteiger partial charge in [0.15, 0.2) is 5.78 Å². The highest BCUT2D eigenvalue weighted by Gasteiger charge is 2.41. The van der Waals surface area contributed by atoms with Crippen molar-refractivity contribution in [2.45, 2.75) is 5.92 Å². The van der Waals surface area contributed by atoms with Gasteiger partial charge in [-0.3, -0.25) is 19.6 Å². The van der Waals surface area contributed by atoms with Crippen LogP contribution in [0, 0.1) is 0 Å². The largest absolute Gasteiger partial charge is 0.508 e. The maximum Gasteiger partial charge on any atom is 0.327 e. The maximum absolute atomic E-state index is 13.1. The van der Waals surface area contributed by atoms with Crippen LogP contribution in [0.5, 0.6) is 5.75 Å². The summed E-state index contributed by atoms with van der Waals surface area (Å²) in [6.07, 6.45) is 0. The zero-order valence-corrected chi connectivity index (χ0v) is 13.9. The van der Waals surface area contributed by atoms with Crippen LogP contribution >= 0.6 is 0 Å². The van der Waals surface area contributed by atoms with Gasteiger partial charge in [-0.25, -0.2) is 4.79 Å². The highest BCUT2D eigenvalue weighted by atomic mass is 16.3. The lowest BCUT2D eigenvalue weighted by molar-refractivity contribution is 0.103. The Morgan fingerprint density at radius 3 is 2.44 bits per heavy atom. The van der Waals surface area contributed by atoms with E-state index in [0.29, 0.717) is 22.4 Å². The monoisotopic (exact) mass is 359 g/mol. The quantitative estimate of drug-likeness (QED) is 0.530. The average molecular weight is 359 g/mol. The Morgan fingerprint density at radius 1 is 0.889 bits per heavy atom. The van der Waals surface area contributed by atoms with Gasteiger partial charge in [0.05, 0.1) is 11.3 Å². The van der Waals surface area contributed by atoms with Crippen LogP contribution in [-0.2, 0) is 0 Å². The Hall–Kier alpha value is -3.87. The molecule has 5 rings (SSSR count). The minimum Gasteiger partial charge on any atom is -0.508 e. The van der Waals surface area contributed by atoms with Gasteiger partial charge in [0, 0.05) is 22.6 Å². The fourth-order valence-electron chi connectivity index (χ4n) is 3.89. The lowest BCUT2D eigenvalue weighted by atomic mass is 9.81. The van der Waals surface area contributed by atoms with Crippen LogP contribution in [0.15, 0.2) is 63.7 Å². The van der Waals surface area contributed by atoms with Crippen LogP contribution in [0.2, 0.25) is 0 Å². The number of allylic oxidation sites excluding steroid dienone is 1. The summed E-state index contributed by atoms with van der Waals surface area (Å²) in [5, 5.41) is 13.0. The second-order valence-electron chi connectivity index (χ2n) is 6.51. The van der Waals surface area contributed by atoms with Crippen molar-refractivity contribution in [3.8, 4) is 5.75 Å². The topological polar surface area (TPSA) is 115 Å². The van der Waals surface area contributed by atoms with Crippen LogP contribution in [0.25, 0.3) is 5.70 Å². The normalized spacial score (nSPS) is 17.2. The first-order valence-corrected chi connectivity index (χ1v) is 8.35. The Bertz CT molecular complexity index is 1280. The van der Waals surface area contributed by atoms with E-state index in [9.17, 15) is 19.5 Å². The van der Waals surface area contributed by atoms with Gasteiger partial charge in [0.2, 0.25) is 0 Å². The molecule has 4 N–H and O–H groups in total. The van der Waals surface area contributed by atoms with Crippen molar-refractivity contribution in [3.05, 3.63) is 97.2 Å². The molecule has 1 aliphatic carbocycles. The van der Waals surface area contributed by atoms with Gasteiger partial charge < -0.3 is 10.4 Å². The third kappa shape index (κ3) is 2.11.